The van der Waals surface area contributed by atoms with Crippen molar-refractivity contribution in [1.29, 1.82) is 0 Å². The van der Waals surface area contributed by atoms with Crippen LogP contribution in [0.2, 0.25) is 0 Å². The summed E-state index contributed by atoms with van der Waals surface area (Å²) in [4.78, 5) is 32.5. The summed E-state index contributed by atoms with van der Waals surface area (Å²) in [6, 6.07) is 8.58. The molecule has 0 amide bonds. The SMILES string of the molecule is CCC(c1nc2sccc2c(=O)n1Cc1ccc(C(=O)O)cc1)N1CCNCC1. The van der Waals surface area contributed by atoms with E-state index < -0.39 is 5.97 Å². The first-order valence-electron chi connectivity index (χ1n) is 9.83. The highest BCUT2D eigenvalue weighted by molar-refractivity contribution is 7.16. The van der Waals surface area contributed by atoms with Crippen molar-refractivity contribution in [3.63, 3.8) is 0 Å². The van der Waals surface area contributed by atoms with Crippen LogP contribution in [0.1, 0.15) is 41.1 Å². The van der Waals surface area contributed by atoms with E-state index in [1.54, 1.807) is 28.8 Å². The molecule has 1 atom stereocenters. The zero-order valence-corrected chi connectivity index (χ0v) is 17.1. The number of fused-ring (bicyclic) bond motifs is 1. The molecule has 0 radical (unpaired) electrons. The zero-order valence-electron chi connectivity index (χ0n) is 16.3. The van der Waals surface area contributed by atoms with Crippen LogP contribution in [0.25, 0.3) is 10.2 Å². The van der Waals surface area contributed by atoms with Gasteiger partial charge < -0.3 is 10.4 Å². The van der Waals surface area contributed by atoms with Crippen molar-refractivity contribution in [3.05, 3.63) is 63.0 Å². The highest BCUT2D eigenvalue weighted by Crippen LogP contribution is 2.26. The van der Waals surface area contributed by atoms with Gasteiger partial charge in [-0.15, -0.1) is 11.3 Å². The molecule has 2 N–H and O–H groups in total. The number of nitrogens with one attached hydrogen (secondary N) is 1. The van der Waals surface area contributed by atoms with E-state index in [-0.39, 0.29) is 17.2 Å². The molecular formula is C21H24N4O3S. The summed E-state index contributed by atoms with van der Waals surface area (Å²) in [5, 5.41) is 15.0. The number of hydrogen-bond donors (Lipinski definition) is 2. The summed E-state index contributed by atoms with van der Waals surface area (Å²) in [5.74, 6) is -0.169. The van der Waals surface area contributed by atoms with Gasteiger partial charge in [-0.25, -0.2) is 9.78 Å². The lowest BCUT2D eigenvalue weighted by molar-refractivity contribution is 0.0697. The van der Waals surface area contributed by atoms with Crippen LogP contribution < -0.4 is 10.9 Å². The molecular weight excluding hydrogens is 388 g/mol. The summed E-state index contributed by atoms with van der Waals surface area (Å²) >= 11 is 1.49. The molecule has 1 aromatic carbocycles. The average molecular weight is 413 g/mol. The molecule has 29 heavy (non-hydrogen) atoms. The molecule has 2 aromatic heterocycles. The fourth-order valence-corrected chi connectivity index (χ4v) is 4.67. The molecule has 1 fully saturated rings. The van der Waals surface area contributed by atoms with Gasteiger partial charge in [-0.1, -0.05) is 19.1 Å². The van der Waals surface area contributed by atoms with Gasteiger partial charge in [-0.2, -0.15) is 0 Å². The van der Waals surface area contributed by atoms with E-state index in [1.807, 2.05) is 11.4 Å². The van der Waals surface area contributed by atoms with Crippen molar-refractivity contribution < 1.29 is 9.90 Å². The third-order valence-corrected chi connectivity index (χ3v) is 6.24. The smallest absolute Gasteiger partial charge is 0.335 e. The maximum Gasteiger partial charge on any atom is 0.335 e. The Balaban J connectivity index is 1.78. The van der Waals surface area contributed by atoms with Gasteiger partial charge in [0, 0.05) is 26.2 Å². The van der Waals surface area contributed by atoms with Crippen molar-refractivity contribution in [1.82, 2.24) is 19.8 Å². The number of carboxylic acids is 1. The normalized spacial score (nSPS) is 16.2. The summed E-state index contributed by atoms with van der Waals surface area (Å²) < 4.78 is 1.76. The van der Waals surface area contributed by atoms with Crippen molar-refractivity contribution in [2.45, 2.75) is 25.9 Å². The van der Waals surface area contributed by atoms with E-state index in [0.717, 1.165) is 48.8 Å². The van der Waals surface area contributed by atoms with E-state index in [9.17, 15) is 9.59 Å². The highest BCUT2D eigenvalue weighted by atomic mass is 32.1. The molecule has 0 bridgehead atoms. The van der Waals surface area contributed by atoms with Crippen molar-refractivity contribution in [2.75, 3.05) is 26.2 Å². The quantitative estimate of drug-likeness (QED) is 0.647. The number of carbonyl (C=O) groups is 1. The summed E-state index contributed by atoms with van der Waals surface area (Å²) in [7, 11) is 0. The van der Waals surface area contributed by atoms with Crippen LogP contribution in [0.15, 0.2) is 40.5 Å². The number of carboxylic acid groups (broad SMARTS) is 1. The van der Waals surface area contributed by atoms with Gasteiger partial charge in [0.2, 0.25) is 0 Å². The molecule has 0 saturated carbocycles. The molecule has 4 rings (SSSR count). The first-order chi connectivity index (χ1) is 14.1. The minimum absolute atomic E-state index is 0.0397. The minimum atomic E-state index is -0.958. The Kier molecular flexibility index (Phi) is 5.75. The Morgan fingerprint density at radius 2 is 1.97 bits per heavy atom. The van der Waals surface area contributed by atoms with Crippen molar-refractivity contribution in [2.24, 2.45) is 0 Å². The van der Waals surface area contributed by atoms with E-state index >= 15 is 0 Å². The largest absolute Gasteiger partial charge is 0.478 e. The Morgan fingerprint density at radius 3 is 2.62 bits per heavy atom. The van der Waals surface area contributed by atoms with E-state index in [0.29, 0.717) is 11.9 Å². The van der Waals surface area contributed by atoms with Gasteiger partial charge in [0.15, 0.2) is 0 Å². The second-order valence-corrected chi connectivity index (χ2v) is 8.11. The van der Waals surface area contributed by atoms with Crippen molar-refractivity contribution in [3.8, 4) is 0 Å². The molecule has 0 spiro atoms. The second-order valence-electron chi connectivity index (χ2n) is 7.21. The summed E-state index contributed by atoms with van der Waals surface area (Å²) in [5.41, 5.74) is 1.08. The third kappa shape index (κ3) is 3.96. The summed E-state index contributed by atoms with van der Waals surface area (Å²) in [6.45, 7) is 6.20. The molecule has 152 valence electrons. The maximum atomic E-state index is 13.3. The number of thiophene rings is 1. The van der Waals surface area contributed by atoms with Crippen LogP contribution >= 0.6 is 11.3 Å². The molecule has 8 heteroatoms. The van der Waals surface area contributed by atoms with Gasteiger partial charge in [0.1, 0.15) is 10.7 Å². The lowest BCUT2D eigenvalue weighted by atomic mass is 10.1. The van der Waals surface area contributed by atoms with Crippen LogP contribution in [-0.4, -0.2) is 51.7 Å². The Labute approximate surface area is 172 Å². The predicted molar refractivity (Wildman–Crippen MR) is 114 cm³/mol. The Hall–Kier alpha value is -2.55. The number of nitrogens with zero attached hydrogens (tertiary/aromatic N) is 3. The van der Waals surface area contributed by atoms with E-state index in [2.05, 4.69) is 17.1 Å². The monoisotopic (exact) mass is 412 g/mol. The maximum absolute atomic E-state index is 13.3. The number of benzene rings is 1. The molecule has 0 aliphatic carbocycles. The molecule has 1 unspecified atom stereocenters. The number of hydrogen-bond acceptors (Lipinski definition) is 6. The Morgan fingerprint density at radius 1 is 1.24 bits per heavy atom. The second kappa shape index (κ2) is 8.44. The predicted octanol–water partition coefficient (Wildman–Crippen LogP) is 2.56. The van der Waals surface area contributed by atoms with Gasteiger partial charge >= 0.3 is 5.97 Å². The van der Waals surface area contributed by atoms with Crippen molar-refractivity contribution >= 4 is 27.5 Å². The fraction of sp³-hybridized carbons (Fsp3) is 0.381. The topological polar surface area (TPSA) is 87.5 Å². The third-order valence-electron chi connectivity index (χ3n) is 5.43. The summed E-state index contributed by atoms with van der Waals surface area (Å²) in [6.07, 6.45) is 0.862. The number of aromatic carboxylic acids is 1. The standard InChI is InChI=1S/C21H24N4O3S/c1-2-17(24-10-8-22-9-11-24)18-23-19-16(7-12-29-19)20(26)25(18)13-14-3-5-15(6-4-14)21(27)28/h3-7,12,17,22H,2,8-11,13H2,1H3,(H,27,28). The molecule has 3 aromatic rings. The van der Waals surface area contributed by atoms with Crippen LogP contribution in [0.4, 0.5) is 0 Å². The number of aromatic nitrogens is 2. The van der Waals surface area contributed by atoms with Crippen LogP contribution in [0, 0.1) is 0 Å². The number of rotatable bonds is 6. The molecule has 3 heterocycles. The first kappa shape index (κ1) is 19.8. The van der Waals surface area contributed by atoms with Gasteiger partial charge in [0.25, 0.3) is 5.56 Å². The Bertz CT molecular complexity index is 1070. The molecule has 7 nitrogen and oxygen atoms in total. The molecule has 1 saturated heterocycles. The molecule has 1 aliphatic rings. The zero-order chi connectivity index (χ0) is 20.4. The van der Waals surface area contributed by atoms with Crippen LogP contribution in [-0.2, 0) is 6.54 Å². The van der Waals surface area contributed by atoms with E-state index in [1.165, 1.54) is 11.3 Å². The van der Waals surface area contributed by atoms with Crippen LogP contribution in [0.3, 0.4) is 0 Å². The lowest BCUT2D eigenvalue weighted by Crippen LogP contribution is -2.46. The minimum Gasteiger partial charge on any atom is -0.478 e. The fourth-order valence-electron chi connectivity index (χ4n) is 3.90. The lowest BCUT2D eigenvalue weighted by Gasteiger charge is -2.35. The molecule has 1 aliphatic heterocycles. The van der Waals surface area contributed by atoms with Crippen LogP contribution in [0.5, 0.6) is 0 Å². The number of piperazine rings is 1. The average Bonchev–Trinajstić information content (AvgIpc) is 3.21. The van der Waals surface area contributed by atoms with E-state index in [4.69, 9.17) is 10.1 Å². The highest BCUT2D eigenvalue weighted by Gasteiger charge is 2.26. The van der Waals surface area contributed by atoms with Gasteiger partial charge in [0.05, 0.1) is 23.5 Å². The first-order valence-corrected chi connectivity index (χ1v) is 10.7. The van der Waals surface area contributed by atoms with Gasteiger partial charge in [-0.05, 0) is 35.6 Å². The van der Waals surface area contributed by atoms with Gasteiger partial charge in [-0.3, -0.25) is 14.3 Å².